The van der Waals surface area contributed by atoms with Gasteiger partial charge in [-0.2, -0.15) is 13.2 Å². The molecule has 0 fully saturated rings. The van der Waals surface area contributed by atoms with E-state index in [0.717, 1.165) is 9.25 Å². The molecule has 0 unspecified atom stereocenters. The van der Waals surface area contributed by atoms with E-state index >= 15 is 0 Å². The summed E-state index contributed by atoms with van der Waals surface area (Å²) in [6, 6.07) is 11.5. The highest BCUT2D eigenvalue weighted by atomic mass is 35.5. The second-order valence-corrected chi connectivity index (χ2v) is 8.90. The Kier molecular flexibility index (Phi) is 7.47. The minimum absolute atomic E-state index is 0.0108. The molecule has 0 aliphatic heterocycles. The maximum Gasteiger partial charge on any atom is 0.416 e. The average molecular weight is 560 g/mol. The molecule has 2 atom stereocenters. The molecule has 196 valence electrons. The van der Waals surface area contributed by atoms with Gasteiger partial charge in [0.1, 0.15) is 22.8 Å². The van der Waals surface area contributed by atoms with Crippen molar-refractivity contribution >= 4 is 23.2 Å². The van der Waals surface area contributed by atoms with Crippen LogP contribution >= 0.6 is 23.2 Å². The molecule has 14 heteroatoms. The van der Waals surface area contributed by atoms with Crippen molar-refractivity contribution in [3.8, 4) is 16.9 Å². The lowest BCUT2D eigenvalue weighted by Gasteiger charge is -2.16. The van der Waals surface area contributed by atoms with Crippen molar-refractivity contribution in [2.45, 2.75) is 38.4 Å². The smallest absolute Gasteiger partial charge is 0.385 e. The van der Waals surface area contributed by atoms with Crippen LogP contribution in [0.25, 0.3) is 16.9 Å². The molecule has 2 aromatic carbocycles. The largest absolute Gasteiger partial charge is 0.416 e. The first-order chi connectivity index (χ1) is 17.4. The summed E-state index contributed by atoms with van der Waals surface area (Å²) < 4.78 is 56.5. The van der Waals surface area contributed by atoms with E-state index < -0.39 is 43.0 Å². The first-order valence-electron chi connectivity index (χ1n) is 10.8. The van der Waals surface area contributed by atoms with Gasteiger partial charge in [0.05, 0.1) is 18.8 Å². The second kappa shape index (κ2) is 10.3. The average Bonchev–Trinajstić information content (AvgIpc) is 3.35. The van der Waals surface area contributed by atoms with Gasteiger partial charge < -0.3 is 10.2 Å². The molecular formula is C23H19Cl2F4N5O3. The minimum Gasteiger partial charge on any atom is -0.385 e. The standard InChI is InChI=1S/C23H19Cl2F4N5O3/c1-12(35)21-30-18(31-34(21)16-5-3-2-4-15(16)26)11-33-20(25)19(13-6-8-14(24)9-7-13)32(22(33)37)10-17(36)23(27,28)29/h2-9,12,17,35-36H,10-11H2,1H3/t12-,17-/m0/s1. The van der Waals surface area contributed by atoms with Crippen molar-refractivity contribution in [3.05, 3.63) is 86.7 Å². The Morgan fingerprint density at radius 2 is 1.68 bits per heavy atom. The minimum atomic E-state index is -4.99. The normalized spacial score (nSPS) is 13.6. The molecule has 0 saturated heterocycles. The van der Waals surface area contributed by atoms with E-state index in [1.54, 1.807) is 6.07 Å². The summed E-state index contributed by atoms with van der Waals surface area (Å²) in [4.78, 5) is 17.4. The number of benzene rings is 2. The molecule has 37 heavy (non-hydrogen) atoms. The lowest BCUT2D eigenvalue weighted by molar-refractivity contribution is -0.207. The molecule has 2 aromatic heterocycles. The van der Waals surface area contributed by atoms with Crippen LogP contribution in [0.4, 0.5) is 17.6 Å². The number of aliphatic hydroxyl groups is 2. The van der Waals surface area contributed by atoms with Crippen LogP contribution in [0.15, 0.2) is 53.3 Å². The van der Waals surface area contributed by atoms with E-state index in [2.05, 4.69) is 10.1 Å². The molecule has 0 radical (unpaired) electrons. The van der Waals surface area contributed by atoms with Crippen molar-refractivity contribution in [3.63, 3.8) is 0 Å². The molecule has 0 bridgehead atoms. The van der Waals surface area contributed by atoms with Gasteiger partial charge >= 0.3 is 11.9 Å². The first kappa shape index (κ1) is 26.9. The molecule has 0 spiro atoms. The first-order valence-corrected chi connectivity index (χ1v) is 11.5. The summed E-state index contributed by atoms with van der Waals surface area (Å²) in [5.41, 5.74) is -0.799. The monoisotopic (exact) mass is 559 g/mol. The van der Waals surface area contributed by atoms with Gasteiger partial charge in [0, 0.05) is 10.6 Å². The fourth-order valence-corrected chi connectivity index (χ4v) is 4.15. The molecule has 2 heterocycles. The Hall–Kier alpha value is -3.19. The number of rotatable bonds is 7. The highest BCUT2D eigenvalue weighted by Crippen LogP contribution is 2.31. The molecule has 8 nitrogen and oxygen atoms in total. The lowest BCUT2D eigenvalue weighted by atomic mass is 10.1. The van der Waals surface area contributed by atoms with Gasteiger partial charge in [0.25, 0.3) is 0 Å². The van der Waals surface area contributed by atoms with Gasteiger partial charge in [-0.05, 0) is 31.2 Å². The Bertz CT molecular complexity index is 1480. The lowest BCUT2D eigenvalue weighted by Crippen LogP contribution is -2.37. The van der Waals surface area contributed by atoms with Crippen LogP contribution in [-0.2, 0) is 13.1 Å². The zero-order chi connectivity index (χ0) is 27.1. The molecule has 4 rings (SSSR count). The number of aliphatic hydroxyl groups excluding tert-OH is 2. The van der Waals surface area contributed by atoms with E-state index in [4.69, 9.17) is 23.2 Å². The Morgan fingerprint density at radius 1 is 1.03 bits per heavy atom. The van der Waals surface area contributed by atoms with Crippen LogP contribution in [0, 0.1) is 5.82 Å². The van der Waals surface area contributed by atoms with Crippen LogP contribution in [-0.4, -0.2) is 46.4 Å². The van der Waals surface area contributed by atoms with E-state index in [-0.39, 0.29) is 33.7 Å². The quantitative estimate of drug-likeness (QED) is 0.328. The van der Waals surface area contributed by atoms with Gasteiger partial charge in [0.15, 0.2) is 17.8 Å². The number of hydrogen-bond acceptors (Lipinski definition) is 5. The highest BCUT2D eigenvalue weighted by Gasteiger charge is 2.39. The number of imidazole rings is 1. The summed E-state index contributed by atoms with van der Waals surface area (Å²) >= 11 is 12.4. The van der Waals surface area contributed by atoms with Crippen molar-refractivity contribution < 1.29 is 27.8 Å². The van der Waals surface area contributed by atoms with Crippen LogP contribution in [0.5, 0.6) is 0 Å². The number of hydrogen-bond donors (Lipinski definition) is 2. The summed E-state index contributed by atoms with van der Waals surface area (Å²) in [5, 5.41) is 24.1. The zero-order valence-electron chi connectivity index (χ0n) is 19.0. The van der Waals surface area contributed by atoms with E-state index in [0.29, 0.717) is 9.59 Å². The number of nitrogens with zero attached hydrogens (tertiary/aromatic N) is 5. The predicted octanol–water partition coefficient (Wildman–Crippen LogP) is 4.37. The third-order valence-corrected chi connectivity index (χ3v) is 6.08. The van der Waals surface area contributed by atoms with Crippen molar-refractivity contribution in [2.24, 2.45) is 0 Å². The fourth-order valence-electron chi connectivity index (χ4n) is 3.68. The molecule has 2 N–H and O–H groups in total. The maximum atomic E-state index is 14.4. The Balaban J connectivity index is 1.83. The third-order valence-electron chi connectivity index (χ3n) is 5.45. The molecule has 4 aromatic rings. The van der Waals surface area contributed by atoms with Gasteiger partial charge in [-0.1, -0.05) is 47.5 Å². The number of alkyl halides is 3. The third kappa shape index (κ3) is 5.42. The number of aromatic nitrogens is 5. The van der Waals surface area contributed by atoms with Crippen molar-refractivity contribution in [1.29, 1.82) is 0 Å². The van der Waals surface area contributed by atoms with Gasteiger partial charge in [-0.25, -0.2) is 18.9 Å². The molecule has 0 amide bonds. The van der Waals surface area contributed by atoms with Gasteiger partial charge in [-0.15, -0.1) is 5.10 Å². The maximum absolute atomic E-state index is 14.4. The molecule has 0 saturated carbocycles. The van der Waals surface area contributed by atoms with E-state index in [1.807, 2.05) is 0 Å². The molecule has 0 aliphatic carbocycles. The summed E-state index contributed by atoms with van der Waals surface area (Å²) in [7, 11) is 0. The van der Waals surface area contributed by atoms with Crippen LogP contribution < -0.4 is 5.69 Å². The van der Waals surface area contributed by atoms with Gasteiger partial charge in [-0.3, -0.25) is 9.13 Å². The second-order valence-electron chi connectivity index (χ2n) is 8.11. The Morgan fingerprint density at radius 3 is 2.27 bits per heavy atom. The fraction of sp³-hybridized carbons (Fsp3) is 0.261. The van der Waals surface area contributed by atoms with Crippen molar-refractivity contribution in [1.82, 2.24) is 23.9 Å². The molecular weight excluding hydrogens is 541 g/mol. The topological polar surface area (TPSA) is 98.1 Å². The van der Waals surface area contributed by atoms with Crippen LogP contribution in [0.1, 0.15) is 24.7 Å². The highest BCUT2D eigenvalue weighted by molar-refractivity contribution is 6.32. The Labute approximate surface area is 216 Å². The summed E-state index contributed by atoms with van der Waals surface area (Å²) in [5.74, 6) is -0.748. The number of halogens is 6. The van der Waals surface area contributed by atoms with E-state index in [1.165, 1.54) is 49.4 Å². The molecule has 0 aliphatic rings. The number of para-hydroxylation sites is 1. The van der Waals surface area contributed by atoms with E-state index in [9.17, 15) is 32.6 Å². The van der Waals surface area contributed by atoms with Crippen molar-refractivity contribution in [2.75, 3.05) is 0 Å². The summed E-state index contributed by atoms with van der Waals surface area (Å²) in [6.45, 7) is -0.157. The van der Waals surface area contributed by atoms with Gasteiger partial charge in [0.2, 0.25) is 0 Å². The predicted molar refractivity (Wildman–Crippen MR) is 127 cm³/mol. The zero-order valence-corrected chi connectivity index (χ0v) is 20.5. The van der Waals surface area contributed by atoms with Crippen LogP contribution in [0.2, 0.25) is 10.2 Å². The van der Waals surface area contributed by atoms with Crippen LogP contribution in [0.3, 0.4) is 0 Å². The summed E-state index contributed by atoms with van der Waals surface area (Å²) in [6.07, 6.45) is -9.01. The SMILES string of the molecule is C[C@H](O)c1nc(Cn2c(Cl)c(-c3ccc(Cl)cc3)n(C[C@H](O)C(F)(F)F)c2=O)nn1-c1ccccc1F.